The number of hydrogen-bond acceptors (Lipinski definition) is 8. The summed E-state index contributed by atoms with van der Waals surface area (Å²) in [6.07, 6.45) is 1.91. The number of benzene rings is 3. The molecule has 1 unspecified atom stereocenters. The largest absolute Gasteiger partial charge is 0.507 e. The molecule has 0 fully saturated rings. The molecule has 0 saturated carbocycles. The molecular weight excluding hydrogens is 540 g/mol. The first-order valence-electron chi connectivity index (χ1n) is 14.0. The molecule has 6 rings (SSSR count). The summed E-state index contributed by atoms with van der Waals surface area (Å²) in [7, 11) is 2.88. The first-order chi connectivity index (χ1) is 20.4. The average Bonchev–Trinajstić information content (AvgIpc) is 3.00. The number of phenols is 1. The van der Waals surface area contributed by atoms with Gasteiger partial charge in [0, 0.05) is 25.9 Å². The zero-order valence-electron chi connectivity index (χ0n) is 23.7. The van der Waals surface area contributed by atoms with Crippen LogP contribution in [0.25, 0.3) is 0 Å². The van der Waals surface area contributed by atoms with E-state index in [-0.39, 0.29) is 36.0 Å². The zero-order valence-corrected chi connectivity index (χ0v) is 23.7. The molecule has 1 atom stereocenters. The maximum atomic E-state index is 13.5. The summed E-state index contributed by atoms with van der Waals surface area (Å²) < 4.78 is 22.7. The number of carbonyl (C=O) groups excluding carboxylic acids is 3. The van der Waals surface area contributed by atoms with Crippen LogP contribution in [-0.2, 0) is 20.7 Å². The van der Waals surface area contributed by atoms with Gasteiger partial charge in [-0.15, -0.1) is 0 Å². The fourth-order valence-electron chi connectivity index (χ4n) is 5.35. The third-order valence-electron chi connectivity index (χ3n) is 7.46. The van der Waals surface area contributed by atoms with Gasteiger partial charge in [0.15, 0.2) is 11.5 Å². The molecule has 0 saturated heterocycles. The average molecular weight is 575 g/mol. The Morgan fingerprint density at radius 1 is 1.07 bits per heavy atom. The Labute approximate surface area is 244 Å². The Morgan fingerprint density at radius 3 is 2.74 bits per heavy atom. The first kappa shape index (κ1) is 28.8. The van der Waals surface area contributed by atoms with E-state index < -0.39 is 11.9 Å². The van der Waals surface area contributed by atoms with Crippen LogP contribution in [0.15, 0.2) is 54.6 Å². The van der Waals surface area contributed by atoms with Crippen LogP contribution in [-0.4, -0.2) is 61.7 Å². The van der Waals surface area contributed by atoms with Crippen molar-refractivity contribution in [2.45, 2.75) is 38.1 Å². The number of rotatable bonds is 5. The molecule has 3 aliphatic heterocycles. The summed E-state index contributed by atoms with van der Waals surface area (Å²) in [6, 6.07) is 15.5. The van der Waals surface area contributed by atoms with E-state index in [0.717, 1.165) is 16.7 Å². The van der Waals surface area contributed by atoms with Crippen LogP contribution in [0.4, 0.5) is 0 Å². The molecule has 8 bridgehead atoms. The highest BCUT2D eigenvalue weighted by Crippen LogP contribution is 2.43. The van der Waals surface area contributed by atoms with Crippen LogP contribution in [0, 0.1) is 0 Å². The van der Waals surface area contributed by atoms with Gasteiger partial charge in [0.1, 0.15) is 17.2 Å². The number of amides is 2. The summed E-state index contributed by atoms with van der Waals surface area (Å²) in [6.45, 7) is 1.17. The molecule has 0 spiro atoms. The van der Waals surface area contributed by atoms with Crippen LogP contribution in [0.1, 0.15) is 58.8 Å². The molecule has 2 amide bonds. The zero-order chi connectivity index (χ0) is 29.6. The molecule has 3 aliphatic rings. The van der Waals surface area contributed by atoms with Gasteiger partial charge in [0.2, 0.25) is 5.91 Å². The Bertz CT molecular complexity index is 1490. The SMILES string of the molecule is COC(=O)CCCC(=O)N1CCc2cc3c(OC)cc2C1c1cccc(c1)OCCCNC(=O)c1cc(ccc1O)O3. The molecule has 3 heterocycles. The van der Waals surface area contributed by atoms with Crippen molar-refractivity contribution in [3.8, 4) is 28.7 Å². The van der Waals surface area contributed by atoms with Crippen molar-refractivity contribution in [2.75, 3.05) is 33.9 Å². The van der Waals surface area contributed by atoms with Gasteiger partial charge in [-0.3, -0.25) is 14.4 Å². The van der Waals surface area contributed by atoms with E-state index in [2.05, 4.69) is 5.32 Å². The van der Waals surface area contributed by atoms with Crippen LogP contribution in [0.3, 0.4) is 0 Å². The molecule has 10 heteroatoms. The lowest BCUT2D eigenvalue weighted by atomic mass is 9.87. The van der Waals surface area contributed by atoms with E-state index in [1.54, 1.807) is 6.07 Å². The molecule has 2 N–H and O–H groups in total. The number of nitrogens with one attached hydrogen (secondary N) is 1. The second kappa shape index (κ2) is 12.8. The highest BCUT2D eigenvalue weighted by Gasteiger charge is 2.33. The fourth-order valence-corrected chi connectivity index (χ4v) is 5.35. The minimum atomic E-state index is -0.419. The lowest BCUT2D eigenvalue weighted by Gasteiger charge is -2.38. The maximum absolute atomic E-state index is 13.5. The highest BCUT2D eigenvalue weighted by atomic mass is 16.5. The molecule has 3 aromatic carbocycles. The molecule has 0 aromatic heterocycles. The number of nitrogens with zero attached hydrogens (tertiary/aromatic N) is 1. The van der Waals surface area contributed by atoms with Crippen molar-refractivity contribution in [3.05, 3.63) is 76.9 Å². The van der Waals surface area contributed by atoms with E-state index in [0.29, 0.717) is 62.0 Å². The molecular formula is C32H34N2O8. The number of ether oxygens (including phenoxy) is 4. The number of aromatic hydroxyl groups is 1. The van der Waals surface area contributed by atoms with Crippen molar-refractivity contribution < 1.29 is 38.4 Å². The molecule has 220 valence electrons. The predicted molar refractivity (Wildman–Crippen MR) is 153 cm³/mol. The molecule has 0 radical (unpaired) electrons. The number of hydrogen-bond donors (Lipinski definition) is 2. The van der Waals surface area contributed by atoms with Crippen molar-refractivity contribution in [3.63, 3.8) is 0 Å². The second-order valence-corrected chi connectivity index (χ2v) is 10.2. The highest BCUT2D eigenvalue weighted by molar-refractivity contribution is 5.97. The normalized spacial score (nSPS) is 16.3. The van der Waals surface area contributed by atoms with Gasteiger partial charge in [-0.25, -0.2) is 0 Å². The van der Waals surface area contributed by atoms with Crippen molar-refractivity contribution >= 4 is 17.8 Å². The number of esters is 1. The van der Waals surface area contributed by atoms with Crippen LogP contribution >= 0.6 is 0 Å². The Balaban J connectivity index is 1.57. The summed E-state index contributed by atoms with van der Waals surface area (Å²) in [4.78, 5) is 39.8. The Hall–Kier alpha value is -4.73. The van der Waals surface area contributed by atoms with Gasteiger partial charge >= 0.3 is 5.97 Å². The Morgan fingerprint density at radius 2 is 1.93 bits per heavy atom. The lowest BCUT2D eigenvalue weighted by Crippen LogP contribution is -2.40. The summed E-state index contributed by atoms with van der Waals surface area (Å²) >= 11 is 0. The van der Waals surface area contributed by atoms with E-state index in [1.807, 2.05) is 41.3 Å². The van der Waals surface area contributed by atoms with Gasteiger partial charge in [-0.1, -0.05) is 12.1 Å². The third kappa shape index (κ3) is 6.27. The molecule has 42 heavy (non-hydrogen) atoms. The summed E-state index contributed by atoms with van der Waals surface area (Å²) in [5.41, 5.74) is 2.86. The molecule has 10 nitrogen and oxygen atoms in total. The van der Waals surface area contributed by atoms with Crippen LogP contribution < -0.4 is 19.5 Å². The van der Waals surface area contributed by atoms with Crippen molar-refractivity contribution in [1.82, 2.24) is 10.2 Å². The van der Waals surface area contributed by atoms with Gasteiger partial charge in [0.25, 0.3) is 5.91 Å². The number of methoxy groups -OCH3 is 2. The molecule has 0 aliphatic carbocycles. The van der Waals surface area contributed by atoms with Gasteiger partial charge in [-0.05, 0) is 78.4 Å². The number of phenolic OH excluding ortho intramolecular Hbond substituents is 1. The predicted octanol–water partition coefficient (Wildman–Crippen LogP) is 4.52. The van der Waals surface area contributed by atoms with E-state index in [1.165, 1.54) is 26.4 Å². The minimum absolute atomic E-state index is 0.0605. The van der Waals surface area contributed by atoms with Crippen molar-refractivity contribution in [1.29, 1.82) is 0 Å². The fraction of sp³-hybridized carbons (Fsp3) is 0.344. The van der Waals surface area contributed by atoms with Crippen LogP contribution in [0.2, 0.25) is 0 Å². The molecule has 3 aromatic rings. The topological polar surface area (TPSA) is 124 Å². The monoisotopic (exact) mass is 574 g/mol. The lowest BCUT2D eigenvalue weighted by molar-refractivity contribution is -0.141. The van der Waals surface area contributed by atoms with E-state index in [9.17, 15) is 19.5 Å². The second-order valence-electron chi connectivity index (χ2n) is 10.2. The number of fused-ring (bicyclic) bond motifs is 6. The summed E-state index contributed by atoms with van der Waals surface area (Å²) in [5, 5.41) is 13.1. The standard InChI is InChI=1S/C32H34N2O8/c1-39-27-19-24-20-12-14-34(29(36)8-4-9-30(37)40-2)31(24)21-6-3-7-22(16-21)41-15-5-13-33-32(38)25-18-23(10-11-26(25)35)42-28(27)17-20/h3,6-7,10-11,16-19,31,35H,4-5,8-9,12-15H2,1-2H3,(H,33,38). The van der Waals surface area contributed by atoms with Crippen molar-refractivity contribution in [2.24, 2.45) is 0 Å². The quantitative estimate of drug-likeness (QED) is 0.427. The smallest absolute Gasteiger partial charge is 0.305 e. The van der Waals surface area contributed by atoms with E-state index in [4.69, 9.17) is 18.9 Å². The number of carbonyl (C=O) groups is 3. The third-order valence-corrected chi connectivity index (χ3v) is 7.46. The van der Waals surface area contributed by atoms with Gasteiger partial charge in [0.05, 0.1) is 32.4 Å². The van der Waals surface area contributed by atoms with E-state index >= 15 is 0 Å². The van der Waals surface area contributed by atoms with Gasteiger partial charge in [-0.2, -0.15) is 0 Å². The summed E-state index contributed by atoms with van der Waals surface area (Å²) in [5.74, 6) is 0.927. The van der Waals surface area contributed by atoms with Gasteiger partial charge < -0.3 is 34.3 Å². The Kier molecular flexibility index (Phi) is 8.80. The first-order valence-corrected chi connectivity index (χ1v) is 14.0. The maximum Gasteiger partial charge on any atom is 0.305 e. The van der Waals surface area contributed by atoms with Crippen LogP contribution in [0.5, 0.6) is 28.7 Å². The minimum Gasteiger partial charge on any atom is -0.507 e.